The number of amides is 2. The molecule has 0 radical (unpaired) electrons. The van der Waals surface area contributed by atoms with Gasteiger partial charge in [-0.25, -0.2) is 8.42 Å². The fourth-order valence-corrected chi connectivity index (χ4v) is 6.93. The zero-order valence-electron chi connectivity index (χ0n) is 24.4. The van der Waals surface area contributed by atoms with Crippen LogP contribution in [0.1, 0.15) is 22.3 Å². The Hall–Kier alpha value is -3.56. The van der Waals surface area contributed by atoms with Crippen LogP contribution in [0.5, 0.6) is 0 Å². The third-order valence-corrected chi connectivity index (χ3v) is 9.95. The van der Waals surface area contributed by atoms with Gasteiger partial charge in [0.25, 0.3) is 10.0 Å². The molecule has 0 aliphatic rings. The highest BCUT2D eigenvalue weighted by Crippen LogP contribution is 2.31. The summed E-state index contributed by atoms with van der Waals surface area (Å²) >= 11 is 19.4. The van der Waals surface area contributed by atoms with Gasteiger partial charge in [0.1, 0.15) is 12.6 Å². The molecule has 0 aliphatic carbocycles. The molecule has 0 saturated carbocycles. The Labute approximate surface area is 273 Å². The van der Waals surface area contributed by atoms with Crippen molar-refractivity contribution in [3.05, 3.63) is 128 Å². The lowest BCUT2D eigenvalue weighted by molar-refractivity contribution is -0.139. The number of hydrogen-bond donors (Lipinski definition) is 1. The highest BCUT2D eigenvalue weighted by molar-refractivity contribution is 7.92. The van der Waals surface area contributed by atoms with Crippen molar-refractivity contribution in [3.63, 3.8) is 0 Å². The van der Waals surface area contributed by atoms with Gasteiger partial charge >= 0.3 is 0 Å². The fraction of sp³-hybridized carbons (Fsp3) is 0.212. The summed E-state index contributed by atoms with van der Waals surface area (Å²) in [7, 11) is -2.78. The van der Waals surface area contributed by atoms with Gasteiger partial charge in [-0.15, -0.1) is 0 Å². The zero-order valence-corrected chi connectivity index (χ0v) is 27.5. The summed E-state index contributed by atoms with van der Waals surface area (Å²) in [5.41, 5.74) is 2.94. The maximum absolute atomic E-state index is 14.5. The first-order valence-electron chi connectivity index (χ1n) is 13.8. The standard InChI is InChI=1S/C33H32Cl3N3O4S/c1-22-12-16-26(17-13-22)44(42,43)39(30-19-25(34)15-14-23(30)2)21-32(40)38(20-27-28(35)10-7-11-29(27)36)31(33(41)37-3)18-24-8-5-4-6-9-24/h4-17,19,31H,18,20-21H2,1-3H3,(H,37,41)/t31-/m0/s1. The minimum atomic E-state index is -4.26. The van der Waals surface area contributed by atoms with Crippen molar-refractivity contribution in [2.24, 2.45) is 0 Å². The Kier molecular flexibility index (Phi) is 11.0. The van der Waals surface area contributed by atoms with Crippen LogP contribution in [0.15, 0.2) is 95.9 Å². The third-order valence-electron chi connectivity index (χ3n) is 7.24. The van der Waals surface area contributed by atoms with Crippen LogP contribution in [0.4, 0.5) is 5.69 Å². The van der Waals surface area contributed by atoms with E-state index < -0.39 is 34.4 Å². The molecule has 2 amide bonds. The van der Waals surface area contributed by atoms with E-state index in [1.165, 1.54) is 30.1 Å². The predicted octanol–water partition coefficient (Wildman–Crippen LogP) is 6.85. The van der Waals surface area contributed by atoms with Crippen molar-refractivity contribution in [1.82, 2.24) is 10.2 Å². The van der Waals surface area contributed by atoms with E-state index in [4.69, 9.17) is 34.8 Å². The molecule has 11 heteroatoms. The number of anilines is 1. The average molecular weight is 673 g/mol. The molecule has 4 aromatic carbocycles. The van der Waals surface area contributed by atoms with Crippen LogP contribution in [-0.2, 0) is 32.6 Å². The summed E-state index contributed by atoms with van der Waals surface area (Å²) < 4.78 is 29.4. The number of rotatable bonds is 11. The van der Waals surface area contributed by atoms with Gasteiger partial charge in [-0.3, -0.25) is 13.9 Å². The monoisotopic (exact) mass is 671 g/mol. The minimum Gasteiger partial charge on any atom is -0.357 e. The normalized spacial score (nSPS) is 12.0. The van der Waals surface area contributed by atoms with Crippen molar-refractivity contribution in [2.45, 2.75) is 37.8 Å². The van der Waals surface area contributed by atoms with Gasteiger partial charge < -0.3 is 10.2 Å². The Morgan fingerprint density at radius 1 is 0.841 bits per heavy atom. The highest BCUT2D eigenvalue weighted by Gasteiger charge is 2.35. The lowest BCUT2D eigenvalue weighted by Gasteiger charge is -2.34. The van der Waals surface area contributed by atoms with Crippen molar-refractivity contribution in [1.29, 1.82) is 0 Å². The van der Waals surface area contributed by atoms with Crippen LogP contribution in [0.25, 0.3) is 0 Å². The topological polar surface area (TPSA) is 86.8 Å². The predicted molar refractivity (Wildman–Crippen MR) is 177 cm³/mol. The van der Waals surface area contributed by atoms with Gasteiger partial charge in [-0.2, -0.15) is 0 Å². The molecule has 0 bridgehead atoms. The molecule has 1 atom stereocenters. The Morgan fingerprint density at radius 3 is 2.09 bits per heavy atom. The van der Waals surface area contributed by atoms with E-state index >= 15 is 0 Å². The van der Waals surface area contributed by atoms with Gasteiger partial charge in [-0.05, 0) is 61.4 Å². The summed E-state index contributed by atoms with van der Waals surface area (Å²) in [6.45, 7) is 2.82. The lowest BCUT2D eigenvalue weighted by atomic mass is 10.0. The maximum Gasteiger partial charge on any atom is 0.264 e. The molecule has 1 N–H and O–H groups in total. The number of aryl methyl sites for hydroxylation is 2. The number of nitrogens with zero attached hydrogens (tertiary/aromatic N) is 2. The summed E-state index contributed by atoms with van der Waals surface area (Å²) in [4.78, 5) is 29.2. The Bertz CT molecular complexity index is 1730. The zero-order chi connectivity index (χ0) is 32.0. The molecule has 0 saturated heterocycles. The van der Waals surface area contributed by atoms with Gasteiger partial charge in [0.2, 0.25) is 11.8 Å². The van der Waals surface area contributed by atoms with Gasteiger partial charge in [0.05, 0.1) is 10.6 Å². The Balaban J connectivity index is 1.85. The average Bonchev–Trinajstić information content (AvgIpc) is 3.00. The number of sulfonamides is 1. The van der Waals surface area contributed by atoms with E-state index in [1.54, 1.807) is 49.4 Å². The summed E-state index contributed by atoms with van der Waals surface area (Å²) in [6, 6.07) is 24.4. The summed E-state index contributed by atoms with van der Waals surface area (Å²) in [5, 5.41) is 3.56. The second kappa shape index (κ2) is 14.5. The SMILES string of the molecule is CNC(=O)[C@H](Cc1ccccc1)N(Cc1c(Cl)cccc1Cl)C(=O)CN(c1cc(Cl)ccc1C)S(=O)(=O)c1ccc(C)cc1. The molecule has 0 unspecified atom stereocenters. The van der Waals surface area contributed by atoms with Gasteiger partial charge in [0.15, 0.2) is 0 Å². The van der Waals surface area contributed by atoms with Crippen molar-refractivity contribution in [2.75, 3.05) is 17.9 Å². The van der Waals surface area contributed by atoms with Crippen LogP contribution < -0.4 is 9.62 Å². The molecular weight excluding hydrogens is 641 g/mol. The molecule has 4 aromatic rings. The maximum atomic E-state index is 14.5. The number of carbonyl (C=O) groups excluding carboxylic acids is 2. The smallest absolute Gasteiger partial charge is 0.264 e. The van der Waals surface area contributed by atoms with Crippen LogP contribution in [0.3, 0.4) is 0 Å². The van der Waals surface area contributed by atoms with E-state index in [0.717, 1.165) is 15.4 Å². The number of hydrogen-bond acceptors (Lipinski definition) is 4. The van der Waals surface area contributed by atoms with E-state index in [0.29, 0.717) is 26.2 Å². The number of halogens is 3. The van der Waals surface area contributed by atoms with E-state index in [9.17, 15) is 18.0 Å². The lowest BCUT2D eigenvalue weighted by Crippen LogP contribution is -2.53. The molecule has 0 aliphatic heterocycles. The second-order valence-corrected chi connectivity index (χ2v) is 13.4. The highest BCUT2D eigenvalue weighted by atomic mass is 35.5. The fourth-order valence-electron chi connectivity index (χ4n) is 4.78. The third kappa shape index (κ3) is 7.74. The minimum absolute atomic E-state index is 0.00288. The second-order valence-electron chi connectivity index (χ2n) is 10.3. The van der Waals surface area contributed by atoms with Crippen LogP contribution >= 0.6 is 34.8 Å². The molecular formula is C33H32Cl3N3O4S. The van der Waals surface area contributed by atoms with E-state index in [-0.39, 0.29) is 23.5 Å². The van der Waals surface area contributed by atoms with E-state index in [2.05, 4.69) is 5.32 Å². The number of likely N-dealkylation sites (N-methyl/N-ethyl adjacent to an activating group) is 1. The summed E-state index contributed by atoms with van der Waals surface area (Å²) in [5.74, 6) is -1.07. The molecule has 0 fully saturated rings. The molecule has 0 spiro atoms. The number of benzene rings is 4. The number of carbonyl (C=O) groups is 2. The van der Waals surface area contributed by atoms with Crippen LogP contribution in [-0.4, -0.2) is 44.8 Å². The van der Waals surface area contributed by atoms with Crippen LogP contribution in [0, 0.1) is 13.8 Å². The van der Waals surface area contributed by atoms with Gasteiger partial charge in [0, 0.05) is 40.6 Å². The molecule has 0 aromatic heterocycles. The Morgan fingerprint density at radius 2 is 1.48 bits per heavy atom. The molecule has 4 rings (SSSR count). The van der Waals surface area contributed by atoms with Crippen molar-refractivity contribution >= 4 is 62.3 Å². The van der Waals surface area contributed by atoms with Gasteiger partial charge in [-0.1, -0.05) is 95.0 Å². The summed E-state index contributed by atoms with van der Waals surface area (Å²) in [6.07, 6.45) is 0.162. The van der Waals surface area contributed by atoms with E-state index in [1.807, 2.05) is 37.3 Å². The first-order valence-corrected chi connectivity index (χ1v) is 16.3. The molecule has 7 nitrogen and oxygen atoms in total. The van der Waals surface area contributed by atoms with Crippen molar-refractivity contribution in [3.8, 4) is 0 Å². The van der Waals surface area contributed by atoms with Crippen LogP contribution in [0.2, 0.25) is 15.1 Å². The molecule has 0 heterocycles. The van der Waals surface area contributed by atoms with Crippen molar-refractivity contribution < 1.29 is 18.0 Å². The molecule has 44 heavy (non-hydrogen) atoms. The largest absolute Gasteiger partial charge is 0.357 e. The first kappa shape index (κ1) is 33.3. The molecule has 230 valence electrons. The quantitative estimate of drug-likeness (QED) is 0.189. The first-order chi connectivity index (χ1) is 20.9. The number of nitrogens with one attached hydrogen (secondary N) is 1.